The molecule has 1 atom stereocenters. The van der Waals surface area contributed by atoms with Gasteiger partial charge in [-0.3, -0.25) is 9.59 Å². The number of nitrogens with zero attached hydrogens (tertiary/aromatic N) is 6. The van der Waals surface area contributed by atoms with Crippen molar-refractivity contribution in [2.45, 2.75) is 71.0 Å². The summed E-state index contributed by atoms with van der Waals surface area (Å²) in [5.74, 6) is -0.0536. The number of pyridine rings is 1. The quantitative estimate of drug-likeness (QED) is 0.327. The van der Waals surface area contributed by atoms with Gasteiger partial charge in [0.1, 0.15) is 6.10 Å². The number of aliphatic hydroxyl groups excluding tert-OH is 1. The topological polar surface area (TPSA) is 115 Å². The summed E-state index contributed by atoms with van der Waals surface area (Å²) in [6.45, 7) is 5.30. The summed E-state index contributed by atoms with van der Waals surface area (Å²) in [4.78, 5) is 38.3. The van der Waals surface area contributed by atoms with E-state index in [0.29, 0.717) is 47.1 Å². The summed E-state index contributed by atoms with van der Waals surface area (Å²) < 4.78 is 49.2. The maximum atomic E-state index is 14.1. The van der Waals surface area contributed by atoms with Gasteiger partial charge in [-0.05, 0) is 57.5 Å². The Labute approximate surface area is 258 Å². The second kappa shape index (κ2) is 11.1. The Bertz CT molecular complexity index is 1820. The molecule has 1 fully saturated rings. The van der Waals surface area contributed by atoms with Crippen LogP contribution in [0.3, 0.4) is 0 Å². The summed E-state index contributed by atoms with van der Waals surface area (Å²) in [7, 11) is 0. The van der Waals surface area contributed by atoms with Crippen LogP contribution in [0.5, 0.6) is 5.88 Å². The van der Waals surface area contributed by atoms with Crippen molar-refractivity contribution in [3.8, 4) is 17.5 Å². The van der Waals surface area contributed by atoms with Gasteiger partial charge in [-0.25, -0.2) is 19.2 Å². The van der Waals surface area contributed by atoms with E-state index in [-0.39, 0.29) is 46.7 Å². The van der Waals surface area contributed by atoms with Crippen LogP contribution in [-0.2, 0) is 19.1 Å². The Morgan fingerprint density at radius 3 is 2.50 bits per heavy atom. The highest BCUT2D eigenvalue weighted by Crippen LogP contribution is 2.36. The molecule has 3 aromatic heterocycles. The van der Waals surface area contributed by atoms with Crippen molar-refractivity contribution < 1.29 is 27.8 Å². The van der Waals surface area contributed by atoms with Crippen LogP contribution in [0.4, 0.5) is 13.2 Å². The zero-order valence-corrected chi connectivity index (χ0v) is 25.6. The zero-order valence-electron chi connectivity index (χ0n) is 24.0. The van der Waals surface area contributed by atoms with Gasteiger partial charge >= 0.3 is 6.18 Å². The lowest BCUT2D eigenvalue weighted by Crippen LogP contribution is -2.46. The van der Waals surface area contributed by atoms with E-state index in [1.807, 2.05) is 19.9 Å². The fourth-order valence-electron chi connectivity index (χ4n) is 5.54. The monoisotopic (exact) mass is 672 g/mol. The normalized spacial score (nSPS) is 19.8. The molecular formula is C30H28BrF3N6O4. The number of hydrogen-bond donors (Lipinski definition) is 1. The number of alkyl halides is 3. The number of carbonyl (C=O) groups is 1. The Hall–Kier alpha value is -4.04. The van der Waals surface area contributed by atoms with E-state index in [4.69, 9.17) is 9.72 Å². The molecule has 0 bridgehead atoms. The van der Waals surface area contributed by atoms with Gasteiger partial charge in [0.15, 0.2) is 0 Å². The molecule has 230 valence electrons. The number of aliphatic hydroxyl groups is 1. The smallest absolute Gasteiger partial charge is 0.417 e. The first kappa shape index (κ1) is 30.0. The molecule has 4 aromatic rings. The minimum Gasteiger partial charge on any atom is -0.474 e. The fourth-order valence-corrected chi connectivity index (χ4v) is 6.02. The SMILES string of the molecule is Cc1cc(C)n(-c2nc3c(c(=O)n2-c2ccc(OC4CC(O)C4)nc2)C[C@@H](C)N(C(=O)c2ccc(Br)c(C(F)(F)F)c2)C3)n1. The third-order valence-corrected chi connectivity index (χ3v) is 8.60. The van der Waals surface area contributed by atoms with Gasteiger partial charge in [-0.1, -0.05) is 15.9 Å². The summed E-state index contributed by atoms with van der Waals surface area (Å²) in [6, 6.07) is 8.04. The maximum absolute atomic E-state index is 14.1. The van der Waals surface area contributed by atoms with Crippen LogP contribution in [0.1, 0.15) is 58.3 Å². The Kier molecular flexibility index (Phi) is 7.60. The largest absolute Gasteiger partial charge is 0.474 e. The number of rotatable bonds is 5. The summed E-state index contributed by atoms with van der Waals surface area (Å²) in [5.41, 5.74) is 1.14. The van der Waals surface area contributed by atoms with Crippen LogP contribution >= 0.6 is 15.9 Å². The lowest BCUT2D eigenvalue weighted by atomic mass is 9.92. The molecule has 1 saturated carbocycles. The van der Waals surface area contributed by atoms with E-state index in [1.54, 1.807) is 19.1 Å². The van der Waals surface area contributed by atoms with Crippen molar-refractivity contribution in [2.75, 3.05) is 0 Å². The first-order valence-corrected chi connectivity index (χ1v) is 14.8. The molecule has 1 aliphatic carbocycles. The second-order valence-corrected chi connectivity index (χ2v) is 12.1. The average molecular weight is 673 g/mol. The summed E-state index contributed by atoms with van der Waals surface area (Å²) in [6.07, 6.45) is -2.43. The molecule has 2 aliphatic rings. The van der Waals surface area contributed by atoms with Crippen LogP contribution in [0.15, 0.2) is 51.9 Å². The lowest BCUT2D eigenvalue weighted by molar-refractivity contribution is -0.138. The fraction of sp³-hybridized carbons (Fsp3) is 0.367. The number of benzene rings is 1. The third kappa shape index (κ3) is 5.52. The van der Waals surface area contributed by atoms with E-state index in [9.17, 15) is 27.9 Å². The van der Waals surface area contributed by atoms with Crippen LogP contribution < -0.4 is 10.3 Å². The average Bonchev–Trinajstić information content (AvgIpc) is 3.29. The van der Waals surface area contributed by atoms with E-state index < -0.39 is 23.7 Å². The molecule has 1 amide bonds. The van der Waals surface area contributed by atoms with Crippen molar-refractivity contribution in [2.24, 2.45) is 0 Å². The number of aryl methyl sites for hydroxylation is 2. The van der Waals surface area contributed by atoms with Crippen LogP contribution in [0.25, 0.3) is 11.6 Å². The molecular weight excluding hydrogens is 645 g/mol. The molecule has 0 radical (unpaired) electrons. The highest BCUT2D eigenvalue weighted by atomic mass is 79.9. The number of hydrogen-bond acceptors (Lipinski definition) is 7. The molecule has 0 spiro atoms. The molecule has 1 N–H and O–H groups in total. The van der Waals surface area contributed by atoms with Crippen LogP contribution in [0, 0.1) is 13.8 Å². The van der Waals surface area contributed by atoms with E-state index >= 15 is 0 Å². The minimum absolute atomic E-state index is 0.0760. The molecule has 0 saturated heterocycles. The molecule has 6 rings (SSSR count). The molecule has 44 heavy (non-hydrogen) atoms. The lowest BCUT2D eigenvalue weighted by Gasteiger charge is -2.34. The summed E-state index contributed by atoms with van der Waals surface area (Å²) >= 11 is 2.92. The molecule has 14 heteroatoms. The number of ether oxygens (including phenoxy) is 1. The second-order valence-electron chi connectivity index (χ2n) is 11.2. The highest BCUT2D eigenvalue weighted by Gasteiger charge is 2.36. The number of fused-ring (bicyclic) bond motifs is 1. The van der Waals surface area contributed by atoms with Gasteiger partial charge in [0, 0.05) is 46.2 Å². The van der Waals surface area contributed by atoms with Crippen LogP contribution in [-0.4, -0.2) is 58.5 Å². The van der Waals surface area contributed by atoms with E-state index in [1.165, 1.54) is 32.5 Å². The van der Waals surface area contributed by atoms with Gasteiger partial charge in [-0.15, -0.1) is 0 Å². The number of amides is 1. The predicted molar refractivity (Wildman–Crippen MR) is 156 cm³/mol. The van der Waals surface area contributed by atoms with Crippen LogP contribution in [0.2, 0.25) is 0 Å². The molecule has 0 unspecified atom stereocenters. The van der Waals surface area contributed by atoms with Crippen molar-refractivity contribution >= 4 is 21.8 Å². The number of carbonyl (C=O) groups excluding carboxylic acids is 1. The Morgan fingerprint density at radius 2 is 1.89 bits per heavy atom. The Morgan fingerprint density at radius 1 is 1.14 bits per heavy atom. The number of halogens is 4. The van der Waals surface area contributed by atoms with Crippen molar-refractivity contribution in [3.63, 3.8) is 0 Å². The minimum atomic E-state index is -4.64. The van der Waals surface area contributed by atoms with Gasteiger partial charge in [-0.2, -0.15) is 18.3 Å². The van der Waals surface area contributed by atoms with Crippen molar-refractivity contribution in [1.82, 2.24) is 29.2 Å². The predicted octanol–water partition coefficient (Wildman–Crippen LogP) is 4.70. The molecule has 1 aromatic carbocycles. The molecule has 1 aliphatic heterocycles. The number of aromatic nitrogens is 5. The van der Waals surface area contributed by atoms with Gasteiger partial charge in [0.2, 0.25) is 11.8 Å². The standard InChI is InChI=1S/C30H28BrF3N6O4/c1-15-8-17(3)40(37-15)29-36-25-14-38(27(42)18-4-6-24(31)23(10-18)30(32,33)34)16(2)9-22(25)28(43)39(29)19-5-7-26(35-13-19)44-21-11-20(41)12-21/h4-8,10,13,16,20-21,41H,9,11-12,14H2,1-3H3/t16-,20?,21?/m1/s1. The van der Waals surface area contributed by atoms with E-state index in [2.05, 4.69) is 26.0 Å². The van der Waals surface area contributed by atoms with Crippen molar-refractivity contribution in [1.29, 1.82) is 0 Å². The molecule has 10 nitrogen and oxygen atoms in total. The first-order valence-electron chi connectivity index (χ1n) is 14.0. The third-order valence-electron chi connectivity index (χ3n) is 7.91. The maximum Gasteiger partial charge on any atom is 0.417 e. The highest BCUT2D eigenvalue weighted by molar-refractivity contribution is 9.10. The molecule has 4 heterocycles. The van der Waals surface area contributed by atoms with Gasteiger partial charge in [0.05, 0.1) is 41.5 Å². The first-order chi connectivity index (χ1) is 20.8. The summed E-state index contributed by atoms with van der Waals surface area (Å²) in [5, 5.41) is 14.1. The van der Waals surface area contributed by atoms with E-state index in [0.717, 1.165) is 6.07 Å². The van der Waals surface area contributed by atoms with Gasteiger partial charge < -0.3 is 14.7 Å². The zero-order chi connectivity index (χ0) is 31.5. The van der Waals surface area contributed by atoms with Crippen molar-refractivity contribution in [3.05, 3.63) is 91.2 Å². The van der Waals surface area contributed by atoms with Gasteiger partial charge in [0.25, 0.3) is 11.5 Å². The Balaban J connectivity index is 1.39.